The van der Waals surface area contributed by atoms with E-state index in [0.717, 1.165) is 26.3 Å². The molecular formula is C25H19ClOS2. The van der Waals surface area contributed by atoms with Crippen molar-refractivity contribution >= 4 is 35.1 Å². The van der Waals surface area contributed by atoms with Crippen LogP contribution in [0.15, 0.2) is 117 Å². The Morgan fingerprint density at radius 3 is 1.90 bits per heavy atom. The van der Waals surface area contributed by atoms with E-state index in [1.165, 1.54) is 15.4 Å². The molecule has 0 spiro atoms. The second kappa shape index (κ2) is 9.45. The Balaban J connectivity index is 1.58. The molecule has 0 fully saturated rings. The lowest BCUT2D eigenvalue weighted by Crippen LogP contribution is -1.87. The van der Waals surface area contributed by atoms with Crippen molar-refractivity contribution in [3.8, 4) is 11.5 Å². The summed E-state index contributed by atoms with van der Waals surface area (Å²) in [5.74, 6) is 1.69. The first kappa shape index (κ1) is 20.0. The summed E-state index contributed by atoms with van der Waals surface area (Å²) in [6.45, 7) is 2.07. The molecule has 4 rings (SSSR count). The van der Waals surface area contributed by atoms with Crippen LogP contribution < -0.4 is 4.74 Å². The number of rotatable bonds is 6. The molecule has 0 atom stereocenters. The van der Waals surface area contributed by atoms with E-state index in [9.17, 15) is 0 Å². The summed E-state index contributed by atoms with van der Waals surface area (Å²) < 4.78 is 6.17. The first-order chi connectivity index (χ1) is 14.2. The van der Waals surface area contributed by atoms with Gasteiger partial charge in [0.05, 0.1) is 4.90 Å². The van der Waals surface area contributed by atoms with E-state index in [0.29, 0.717) is 0 Å². The third kappa shape index (κ3) is 5.39. The fourth-order valence-electron chi connectivity index (χ4n) is 2.72. The van der Waals surface area contributed by atoms with E-state index in [1.54, 1.807) is 23.5 Å². The van der Waals surface area contributed by atoms with E-state index in [2.05, 4.69) is 49.4 Å². The molecule has 0 saturated carbocycles. The van der Waals surface area contributed by atoms with Crippen LogP contribution in [-0.2, 0) is 0 Å². The molecule has 144 valence electrons. The summed E-state index contributed by atoms with van der Waals surface area (Å²) in [6, 6.07) is 32.6. The molecule has 0 aliphatic carbocycles. The number of hydrogen-bond donors (Lipinski definition) is 0. The van der Waals surface area contributed by atoms with Crippen molar-refractivity contribution in [3.05, 3.63) is 108 Å². The molecule has 1 nitrogen and oxygen atoms in total. The maximum atomic E-state index is 6.17. The van der Waals surface area contributed by atoms with Crippen molar-refractivity contribution < 1.29 is 4.74 Å². The van der Waals surface area contributed by atoms with Crippen molar-refractivity contribution in [3.63, 3.8) is 0 Å². The van der Waals surface area contributed by atoms with Gasteiger partial charge in [-0.25, -0.2) is 0 Å². The van der Waals surface area contributed by atoms with Gasteiger partial charge in [0.25, 0.3) is 0 Å². The van der Waals surface area contributed by atoms with Crippen molar-refractivity contribution in [1.82, 2.24) is 0 Å². The van der Waals surface area contributed by atoms with Crippen LogP contribution >= 0.6 is 35.1 Å². The van der Waals surface area contributed by atoms with Gasteiger partial charge in [0.2, 0.25) is 0 Å². The van der Waals surface area contributed by atoms with Gasteiger partial charge in [0, 0.05) is 19.7 Å². The lowest BCUT2D eigenvalue weighted by atomic mass is 10.2. The fraction of sp³-hybridized carbons (Fsp3) is 0.0400. The third-order valence-corrected chi connectivity index (χ3v) is 6.81. The van der Waals surface area contributed by atoms with Crippen LogP contribution in [0.1, 0.15) is 5.56 Å². The molecular weight excluding hydrogens is 416 g/mol. The topological polar surface area (TPSA) is 9.23 Å². The number of benzene rings is 4. The first-order valence-corrected chi connectivity index (χ1v) is 11.2. The summed E-state index contributed by atoms with van der Waals surface area (Å²) in [7, 11) is 0. The van der Waals surface area contributed by atoms with Gasteiger partial charge in [0.1, 0.15) is 11.5 Å². The quantitative estimate of drug-likeness (QED) is 0.300. The van der Waals surface area contributed by atoms with E-state index in [-0.39, 0.29) is 0 Å². The number of halogens is 1. The Kier molecular flexibility index (Phi) is 6.50. The average Bonchev–Trinajstić information content (AvgIpc) is 2.74. The molecule has 0 N–H and O–H groups in total. The molecule has 4 aromatic carbocycles. The predicted molar refractivity (Wildman–Crippen MR) is 124 cm³/mol. The zero-order valence-corrected chi connectivity index (χ0v) is 18.2. The smallest absolute Gasteiger partial charge is 0.141 e. The van der Waals surface area contributed by atoms with Crippen molar-refractivity contribution in [2.75, 3.05) is 0 Å². The Bertz CT molecular complexity index is 1000. The molecule has 0 aliphatic rings. The van der Waals surface area contributed by atoms with Gasteiger partial charge < -0.3 is 4.74 Å². The first-order valence-electron chi connectivity index (χ1n) is 9.21. The van der Waals surface area contributed by atoms with Gasteiger partial charge in [-0.1, -0.05) is 77.1 Å². The molecule has 4 heteroatoms. The normalized spacial score (nSPS) is 10.7. The number of aryl methyl sites for hydroxylation is 1. The minimum absolute atomic E-state index is 0.749. The minimum Gasteiger partial charge on any atom is -0.456 e. The average molecular weight is 435 g/mol. The number of para-hydroxylation sites is 1. The van der Waals surface area contributed by atoms with E-state index < -0.39 is 0 Å². The Morgan fingerprint density at radius 1 is 0.621 bits per heavy atom. The molecule has 0 aliphatic heterocycles. The van der Waals surface area contributed by atoms with Crippen LogP contribution in [0.5, 0.6) is 11.5 Å². The highest BCUT2D eigenvalue weighted by Crippen LogP contribution is 2.42. The van der Waals surface area contributed by atoms with Crippen LogP contribution in [0.4, 0.5) is 0 Å². The van der Waals surface area contributed by atoms with E-state index in [4.69, 9.17) is 16.3 Å². The summed E-state index contributed by atoms with van der Waals surface area (Å²) >= 11 is 9.47. The van der Waals surface area contributed by atoms with E-state index >= 15 is 0 Å². The molecule has 0 aromatic heterocycles. The van der Waals surface area contributed by atoms with Crippen molar-refractivity contribution in [1.29, 1.82) is 0 Å². The van der Waals surface area contributed by atoms with Crippen molar-refractivity contribution in [2.24, 2.45) is 0 Å². The zero-order valence-electron chi connectivity index (χ0n) is 15.8. The van der Waals surface area contributed by atoms with Gasteiger partial charge in [-0.15, -0.1) is 0 Å². The standard InChI is InChI=1S/C25H19ClOS2/c1-18-10-14-20(15-11-18)27-22-6-2-3-7-23(22)29-25-9-5-4-8-24(25)28-21-16-12-19(26)13-17-21/h2-17H,1H3. The second-order valence-electron chi connectivity index (χ2n) is 6.47. The monoisotopic (exact) mass is 434 g/mol. The van der Waals surface area contributed by atoms with Crippen LogP contribution in [0, 0.1) is 6.92 Å². The highest BCUT2D eigenvalue weighted by Gasteiger charge is 2.10. The Labute approximate surface area is 185 Å². The maximum absolute atomic E-state index is 6.17. The lowest BCUT2D eigenvalue weighted by Gasteiger charge is -2.13. The largest absolute Gasteiger partial charge is 0.456 e. The van der Waals surface area contributed by atoms with Gasteiger partial charge in [-0.05, 0) is 67.6 Å². The maximum Gasteiger partial charge on any atom is 0.141 e. The van der Waals surface area contributed by atoms with Crippen LogP contribution in [0.2, 0.25) is 5.02 Å². The summed E-state index contributed by atoms with van der Waals surface area (Å²) in [4.78, 5) is 4.63. The van der Waals surface area contributed by atoms with Gasteiger partial charge in [0.15, 0.2) is 0 Å². The highest BCUT2D eigenvalue weighted by atomic mass is 35.5. The molecule has 0 radical (unpaired) electrons. The zero-order chi connectivity index (χ0) is 20.1. The molecule has 0 bridgehead atoms. The Morgan fingerprint density at radius 2 is 1.21 bits per heavy atom. The summed E-state index contributed by atoms with van der Waals surface area (Å²) in [5.41, 5.74) is 1.22. The lowest BCUT2D eigenvalue weighted by molar-refractivity contribution is 0.471. The van der Waals surface area contributed by atoms with Crippen LogP contribution in [-0.4, -0.2) is 0 Å². The van der Waals surface area contributed by atoms with Gasteiger partial charge in [-0.2, -0.15) is 0 Å². The number of ether oxygens (including phenoxy) is 1. The SMILES string of the molecule is Cc1ccc(Oc2ccccc2Sc2ccccc2Sc2ccc(Cl)cc2)cc1. The number of hydrogen-bond acceptors (Lipinski definition) is 3. The summed E-state index contributed by atoms with van der Waals surface area (Å²) in [6.07, 6.45) is 0. The fourth-order valence-corrected chi connectivity index (χ4v) is 4.85. The van der Waals surface area contributed by atoms with Crippen LogP contribution in [0.25, 0.3) is 0 Å². The molecule has 29 heavy (non-hydrogen) atoms. The second-order valence-corrected chi connectivity index (χ2v) is 9.10. The Hall–Kier alpha value is -2.33. The molecule has 0 amide bonds. The van der Waals surface area contributed by atoms with Crippen molar-refractivity contribution in [2.45, 2.75) is 26.5 Å². The van der Waals surface area contributed by atoms with Gasteiger partial charge in [-0.3, -0.25) is 0 Å². The molecule has 0 heterocycles. The predicted octanol–water partition coefficient (Wildman–Crippen LogP) is 8.74. The molecule has 0 saturated heterocycles. The molecule has 4 aromatic rings. The van der Waals surface area contributed by atoms with Crippen LogP contribution in [0.3, 0.4) is 0 Å². The third-order valence-electron chi connectivity index (χ3n) is 4.21. The summed E-state index contributed by atoms with van der Waals surface area (Å²) in [5, 5.41) is 0.749. The van der Waals surface area contributed by atoms with E-state index in [1.807, 2.05) is 54.6 Å². The van der Waals surface area contributed by atoms with Gasteiger partial charge >= 0.3 is 0 Å². The molecule has 0 unspecified atom stereocenters. The highest BCUT2D eigenvalue weighted by molar-refractivity contribution is 8.02. The minimum atomic E-state index is 0.749.